The highest BCUT2D eigenvalue weighted by Gasteiger charge is 2.27. The summed E-state index contributed by atoms with van der Waals surface area (Å²) < 4.78 is 54.5. The smallest absolute Gasteiger partial charge is 0.144 e. The normalized spacial score (nSPS) is 14.8. The average Bonchev–Trinajstić information content (AvgIpc) is 2.13. The van der Waals surface area contributed by atoms with Crippen molar-refractivity contribution in [3.63, 3.8) is 0 Å². The Kier molecular flexibility index (Phi) is 4.45. The van der Waals surface area contributed by atoms with Crippen LogP contribution in [0.25, 0.3) is 0 Å². The summed E-state index contributed by atoms with van der Waals surface area (Å²) >= 11 is -1.63. The van der Waals surface area contributed by atoms with Gasteiger partial charge in [0, 0.05) is 12.1 Å². The highest BCUT2D eigenvalue weighted by Crippen LogP contribution is 2.21. The molecule has 0 aromatic heterocycles. The van der Waals surface area contributed by atoms with Crippen molar-refractivity contribution >= 4 is 17.1 Å². The van der Waals surface area contributed by atoms with Gasteiger partial charge in [-0.3, -0.25) is 0 Å². The lowest BCUT2D eigenvalue weighted by atomic mass is 10.1. The SMILES string of the molecule is CC(=N[S@@+]([O-])C(C)(C)C)c1c(F)cc(F)cc1F. The molecule has 2 nitrogen and oxygen atoms in total. The summed E-state index contributed by atoms with van der Waals surface area (Å²) in [5.74, 6) is -3.11. The first-order valence-corrected chi connectivity index (χ1v) is 6.36. The number of hydrogen-bond acceptors (Lipinski definition) is 2. The summed E-state index contributed by atoms with van der Waals surface area (Å²) in [7, 11) is 0. The first-order valence-electron chi connectivity index (χ1n) is 5.25. The third kappa shape index (κ3) is 3.49. The lowest BCUT2D eigenvalue weighted by molar-refractivity contribution is 0.540. The van der Waals surface area contributed by atoms with Gasteiger partial charge in [0.2, 0.25) is 0 Å². The van der Waals surface area contributed by atoms with Crippen LogP contribution in [0.5, 0.6) is 0 Å². The van der Waals surface area contributed by atoms with E-state index in [9.17, 15) is 17.7 Å². The van der Waals surface area contributed by atoms with Crippen LogP contribution in [-0.4, -0.2) is 15.0 Å². The summed E-state index contributed by atoms with van der Waals surface area (Å²) in [4.78, 5) is 0. The Hall–Kier alpha value is -1.01. The molecule has 1 aromatic rings. The van der Waals surface area contributed by atoms with Crippen molar-refractivity contribution in [2.45, 2.75) is 32.4 Å². The second-order valence-corrected chi connectivity index (χ2v) is 6.69. The fourth-order valence-corrected chi connectivity index (χ4v) is 1.81. The Bertz CT molecular complexity index is 460. The zero-order chi connectivity index (χ0) is 14.1. The molecule has 0 heterocycles. The average molecular weight is 277 g/mol. The number of rotatable bonds is 2. The van der Waals surface area contributed by atoms with Gasteiger partial charge in [-0.1, -0.05) is 4.40 Å². The van der Waals surface area contributed by atoms with Gasteiger partial charge in [-0.25, -0.2) is 13.2 Å². The number of hydrogen-bond donors (Lipinski definition) is 0. The van der Waals surface area contributed by atoms with Crippen molar-refractivity contribution in [2.24, 2.45) is 4.40 Å². The van der Waals surface area contributed by atoms with E-state index in [0.717, 1.165) is 0 Å². The molecule has 100 valence electrons. The second kappa shape index (κ2) is 5.32. The van der Waals surface area contributed by atoms with Gasteiger partial charge in [0.1, 0.15) is 39.3 Å². The molecule has 0 spiro atoms. The fourth-order valence-electron chi connectivity index (χ4n) is 1.19. The van der Waals surface area contributed by atoms with E-state index in [1.54, 1.807) is 20.8 Å². The van der Waals surface area contributed by atoms with Crippen molar-refractivity contribution in [3.8, 4) is 0 Å². The summed E-state index contributed by atoms with van der Waals surface area (Å²) in [6, 6.07) is 1.13. The van der Waals surface area contributed by atoms with E-state index in [-0.39, 0.29) is 5.71 Å². The third-order valence-electron chi connectivity index (χ3n) is 2.11. The van der Waals surface area contributed by atoms with Gasteiger partial charge < -0.3 is 4.55 Å². The van der Waals surface area contributed by atoms with Gasteiger partial charge in [0.05, 0.1) is 5.56 Å². The Morgan fingerprint density at radius 1 is 1.17 bits per heavy atom. The fraction of sp³-hybridized carbons (Fsp3) is 0.417. The van der Waals surface area contributed by atoms with Crippen LogP contribution in [-0.2, 0) is 11.4 Å². The van der Waals surface area contributed by atoms with Crippen LogP contribution >= 0.6 is 0 Å². The minimum absolute atomic E-state index is 0.0572. The summed E-state index contributed by atoms with van der Waals surface area (Å²) in [5.41, 5.74) is -0.507. The van der Waals surface area contributed by atoms with E-state index < -0.39 is 39.1 Å². The quantitative estimate of drug-likeness (QED) is 0.603. The first-order chi connectivity index (χ1) is 8.12. The minimum atomic E-state index is -1.63. The van der Waals surface area contributed by atoms with Crippen molar-refractivity contribution in [1.29, 1.82) is 0 Å². The van der Waals surface area contributed by atoms with Crippen molar-refractivity contribution < 1.29 is 17.7 Å². The molecule has 0 fully saturated rings. The van der Waals surface area contributed by atoms with Gasteiger partial charge in [-0.05, 0) is 27.7 Å². The molecule has 1 atom stereocenters. The van der Waals surface area contributed by atoms with E-state index in [0.29, 0.717) is 12.1 Å². The van der Waals surface area contributed by atoms with E-state index >= 15 is 0 Å². The predicted octanol–water partition coefficient (Wildman–Crippen LogP) is 3.38. The Balaban J connectivity index is 3.19. The molecule has 1 rings (SSSR count). The first kappa shape index (κ1) is 15.0. The molecule has 0 bridgehead atoms. The zero-order valence-electron chi connectivity index (χ0n) is 10.6. The molecule has 0 aliphatic heterocycles. The number of halogens is 3. The van der Waals surface area contributed by atoms with Gasteiger partial charge in [-0.15, -0.1) is 0 Å². The molecule has 0 saturated heterocycles. The third-order valence-corrected chi connectivity index (χ3v) is 3.60. The van der Waals surface area contributed by atoms with Crippen LogP contribution in [0, 0.1) is 17.5 Å². The van der Waals surface area contributed by atoms with E-state index in [1.165, 1.54) is 6.92 Å². The summed E-state index contributed by atoms with van der Waals surface area (Å²) in [5, 5.41) is 0. The van der Waals surface area contributed by atoms with E-state index in [1.807, 2.05) is 0 Å². The molecule has 0 amide bonds. The van der Waals surface area contributed by atoms with Crippen molar-refractivity contribution in [2.75, 3.05) is 0 Å². The lowest BCUT2D eigenvalue weighted by Crippen LogP contribution is -2.27. The topological polar surface area (TPSA) is 35.4 Å². The van der Waals surface area contributed by atoms with Gasteiger partial charge >= 0.3 is 0 Å². The molecule has 0 aliphatic rings. The largest absolute Gasteiger partial charge is 0.591 e. The van der Waals surface area contributed by atoms with Gasteiger partial charge in [-0.2, -0.15) is 0 Å². The molecule has 0 aliphatic carbocycles. The highest BCUT2D eigenvalue weighted by molar-refractivity contribution is 7.91. The molecule has 0 N–H and O–H groups in total. The summed E-state index contributed by atoms with van der Waals surface area (Å²) in [6.07, 6.45) is 0. The van der Waals surface area contributed by atoms with Gasteiger partial charge in [0.25, 0.3) is 0 Å². The van der Waals surface area contributed by atoms with Crippen molar-refractivity contribution in [3.05, 3.63) is 35.1 Å². The molecular formula is C12H14F3NOS. The number of nitrogens with zero attached hydrogens (tertiary/aromatic N) is 1. The Labute approximate surface area is 107 Å². The molecule has 0 unspecified atom stereocenters. The summed E-state index contributed by atoms with van der Waals surface area (Å²) in [6.45, 7) is 6.41. The van der Waals surface area contributed by atoms with E-state index in [2.05, 4.69) is 4.40 Å². The molecule has 1 aromatic carbocycles. The maximum Gasteiger partial charge on any atom is 0.144 e. The predicted molar refractivity (Wildman–Crippen MR) is 66.4 cm³/mol. The van der Waals surface area contributed by atoms with Crippen molar-refractivity contribution in [1.82, 2.24) is 0 Å². The lowest BCUT2D eigenvalue weighted by Gasteiger charge is -2.18. The Morgan fingerprint density at radius 3 is 2.00 bits per heavy atom. The molecule has 6 heteroatoms. The molecular weight excluding hydrogens is 263 g/mol. The maximum absolute atomic E-state index is 13.4. The van der Waals surface area contributed by atoms with Crippen LogP contribution in [0.4, 0.5) is 13.2 Å². The Morgan fingerprint density at radius 2 is 1.61 bits per heavy atom. The zero-order valence-corrected chi connectivity index (χ0v) is 11.4. The van der Waals surface area contributed by atoms with E-state index in [4.69, 9.17) is 0 Å². The highest BCUT2D eigenvalue weighted by atomic mass is 32.2. The molecule has 18 heavy (non-hydrogen) atoms. The second-order valence-electron chi connectivity index (χ2n) is 4.78. The molecule has 0 radical (unpaired) electrons. The van der Waals surface area contributed by atoms with Crippen LogP contribution in [0.3, 0.4) is 0 Å². The molecule has 0 saturated carbocycles. The minimum Gasteiger partial charge on any atom is -0.591 e. The van der Waals surface area contributed by atoms with Crippen LogP contribution in [0.15, 0.2) is 16.5 Å². The maximum atomic E-state index is 13.4. The van der Waals surface area contributed by atoms with Gasteiger partial charge in [0.15, 0.2) is 0 Å². The van der Waals surface area contributed by atoms with Crippen LogP contribution in [0.2, 0.25) is 0 Å². The standard InChI is InChI=1S/C12H14F3NOS/c1-7(16-18(17)12(2,3)4)11-9(14)5-8(13)6-10(11)15/h5-6H,1-4H3/t18-/m0/s1. The monoisotopic (exact) mass is 277 g/mol. The van der Waals surface area contributed by atoms with Crippen LogP contribution in [0.1, 0.15) is 33.3 Å². The number of benzene rings is 1. The van der Waals surface area contributed by atoms with Crippen LogP contribution < -0.4 is 0 Å².